The number of hydrogen-bond acceptors (Lipinski definition) is 6. The Bertz CT molecular complexity index is 1340. The topological polar surface area (TPSA) is 94.2 Å². The molecular formula is C25H25FN2O6S. The molecule has 10 heteroatoms. The van der Waals surface area contributed by atoms with Crippen LogP contribution in [0.25, 0.3) is 0 Å². The summed E-state index contributed by atoms with van der Waals surface area (Å²) in [5.74, 6) is 0.953. The molecule has 0 fully saturated rings. The average molecular weight is 501 g/mol. The third-order valence-electron chi connectivity index (χ3n) is 5.62. The molecule has 1 aliphatic rings. The van der Waals surface area contributed by atoms with Crippen LogP contribution in [0.2, 0.25) is 0 Å². The van der Waals surface area contributed by atoms with Gasteiger partial charge in [-0.1, -0.05) is 0 Å². The molecule has 0 spiro atoms. The minimum atomic E-state index is -3.93. The van der Waals surface area contributed by atoms with Crippen LogP contribution in [0.1, 0.15) is 18.1 Å². The minimum Gasteiger partial charge on any atom is -0.497 e. The predicted octanol–water partition coefficient (Wildman–Crippen LogP) is 3.95. The van der Waals surface area contributed by atoms with E-state index in [2.05, 4.69) is 4.72 Å². The number of methoxy groups -OCH3 is 2. The normalized spacial score (nSPS) is 15.6. The summed E-state index contributed by atoms with van der Waals surface area (Å²) in [5.41, 5.74) is 1.71. The fourth-order valence-corrected chi connectivity index (χ4v) is 4.86. The first-order valence-electron chi connectivity index (χ1n) is 10.8. The number of nitrogens with one attached hydrogen (secondary N) is 1. The molecule has 3 aromatic carbocycles. The smallest absolute Gasteiger partial charge is 0.263 e. The van der Waals surface area contributed by atoms with Crippen LogP contribution in [0.15, 0.2) is 65.6 Å². The molecule has 0 aliphatic carbocycles. The average Bonchev–Trinajstić information content (AvgIpc) is 2.95. The first kappa shape index (κ1) is 24.3. The van der Waals surface area contributed by atoms with E-state index in [1.54, 1.807) is 56.4 Å². The third-order valence-corrected chi connectivity index (χ3v) is 7.01. The summed E-state index contributed by atoms with van der Waals surface area (Å²) >= 11 is 0. The van der Waals surface area contributed by atoms with Crippen molar-refractivity contribution in [3.05, 3.63) is 77.6 Å². The number of rotatable bonds is 7. The van der Waals surface area contributed by atoms with Gasteiger partial charge in [-0.25, -0.2) is 12.8 Å². The Morgan fingerprint density at radius 1 is 1.06 bits per heavy atom. The van der Waals surface area contributed by atoms with Crippen molar-refractivity contribution < 1.29 is 31.8 Å². The number of fused-ring (bicyclic) bond motifs is 1. The molecule has 1 heterocycles. The molecule has 1 aliphatic heterocycles. The second-order valence-electron chi connectivity index (χ2n) is 8.01. The van der Waals surface area contributed by atoms with Gasteiger partial charge in [0.15, 0.2) is 6.10 Å². The Labute approximate surface area is 203 Å². The Hall–Kier alpha value is -3.79. The molecule has 1 atom stereocenters. The van der Waals surface area contributed by atoms with E-state index in [1.807, 2.05) is 6.07 Å². The molecule has 35 heavy (non-hydrogen) atoms. The highest BCUT2D eigenvalue weighted by Gasteiger charge is 2.29. The van der Waals surface area contributed by atoms with Gasteiger partial charge in [0.25, 0.3) is 15.9 Å². The number of halogens is 1. The molecule has 4 rings (SSSR count). The van der Waals surface area contributed by atoms with Crippen molar-refractivity contribution in [1.82, 2.24) is 4.90 Å². The summed E-state index contributed by atoms with van der Waals surface area (Å²) in [6.45, 7) is 2.12. The molecule has 3 aromatic rings. The number of anilines is 1. The van der Waals surface area contributed by atoms with Crippen molar-refractivity contribution in [1.29, 1.82) is 0 Å². The van der Waals surface area contributed by atoms with Crippen molar-refractivity contribution in [3.8, 4) is 17.2 Å². The van der Waals surface area contributed by atoms with Crippen LogP contribution in [0.5, 0.6) is 17.2 Å². The van der Waals surface area contributed by atoms with E-state index >= 15 is 0 Å². The van der Waals surface area contributed by atoms with Crippen molar-refractivity contribution in [2.45, 2.75) is 31.0 Å². The molecule has 0 saturated heterocycles. The number of benzene rings is 3. The van der Waals surface area contributed by atoms with Gasteiger partial charge >= 0.3 is 0 Å². The Morgan fingerprint density at radius 2 is 1.80 bits per heavy atom. The fourth-order valence-electron chi connectivity index (χ4n) is 3.81. The molecule has 1 amide bonds. The van der Waals surface area contributed by atoms with E-state index < -0.39 is 21.9 Å². The van der Waals surface area contributed by atoms with Crippen molar-refractivity contribution in [2.24, 2.45) is 0 Å². The lowest BCUT2D eigenvalue weighted by Crippen LogP contribution is -2.37. The van der Waals surface area contributed by atoms with Gasteiger partial charge in [-0.15, -0.1) is 0 Å². The first-order chi connectivity index (χ1) is 16.7. The zero-order valence-electron chi connectivity index (χ0n) is 19.4. The lowest BCUT2D eigenvalue weighted by atomic mass is 10.1. The van der Waals surface area contributed by atoms with E-state index in [1.165, 1.54) is 12.1 Å². The molecule has 184 valence electrons. The summed E-state index contributed by atoms with van der Waals surface area (Å²) < 4.78 is 57.7. The number of carbonyl (C=O) groups excluding carboxylic acids is 1. The second kappa shape index (κ2) is 9.83. The summed E-state index contributed by atoms with van der Waals surface area (Å²) in [7, 11) is -0.827. The van der Waals surface area contributed by atoms with Gasteiger partial charge in [0.1, 0.15) is 23.1 Å². The van der Waals surface area contributed by atoms with Gasteiger partial charge in [-0.3, -0.25) is 9.52 Å². The van der Waals surface area contributed by atoms with Gasteiger partial charge in [0.2, 0.25) is 0 Å². The monoisotopic (exact) mass is 500 g/mol. The Kier molecular flexibility index (Phi) is 6.83. The molecule has 0 bridgehead atoms. The first-order valence-corrected chi connectivity index (χ1v) is 12.3. The van der Waals surface area contributed by atoms with Crippen LogP contribution in [0.4, 0.5) is 10.1 Å². The van der Waals surface area contributed by atoms with E-state index in [4.69, 9.17) is 14.2 Å². The van der Waals surface area contributed by atoms with E-state index in [-0.39, 0.29) is 23.9 Å². The van der Waals surface area contributed by atoms with Crippen LogP contribution in [0.3, 0.4) is 0 Å². The van der Waals surface area contributed by atoms with Crippen LogP contribution in [-0.4, -0.2) is 39.5 Å². The standard InChI is InChI=1S/C25H25FN2O6S/c1-16-25(29)28(14-17-4-8-21(32-2)13-24(17)33-3)15-18-12-20(7-11-23(18)34-16)27-35(30,31)22-9-5-19(26)6-10-22/h4-13,16,27H,14-15H2,1-3H3/t16-/m1/s1. The highest BCUT2D eigenvalue weighted by Crippen LogP contribution is 2.32. The summed E-state index contributed by atoms with van der Waals surface area (Å²) in [5, 5.41) is 0. The highest BCUT2D eigenvalue weighted by atomic mass is 32.2. The number of hydrogen-bond donors (Lipinski definition) is 1. The van der Waals surface area contributed by atoms with Crippen LogP contribution < -0.4 is 18.9 Å². The molecule has 8 nitrogen and oxygen atoms in total. The maximum absolute atomic E-state index is 13.2. The Morgan fingerprint density at radius 3 is 2.49 bits per heavy atom. The number of ether oxygens (including phenoxy) is 3. The lowest BCUT2D eigenvalue weighted by molar-refractivity contribution is -0.138. The lowest BCUT2D eigenvalue weighted by Gasteiger charge is -2.23. The van der Waals surface area contributed by atoms with Crippen molar-refractivity contribution in [3.63, 3.8) is 0 Å². The maximum atomic E-state index is 13.2. The molecular weight excluding hydrogens is 475 g/mol. The third kappa shape index (κ3) is 5.32. The van der Waals surface area contributed by atoms with Gasteiger partial charge < -0.3 is 19.1 Å². The predicted molar refractivity (Wildman–Crippen MR) is 128 cm³/mol. The Balaban J connectivity index is 1.61. The second-order valence-corrected chi connectivity index (χ2v) is 9.70. The van der Waals surface area contributed by atoms with Crippen molar-refractivity contribution in [2.75, 3.05) is 18.9 Å². The van der Waals surface area contributed by atoms with Crippen LogP contribution >= 0.6 is 0 Å². The largest absolute Gasteiger partial charge is 0.497 e. The van der Waals surface area contributed by atoms with Gasteiger partial charge in [-0.2, -0.15) is 0 Å². The highest BCUT2D eigenvalue weighted by molar-refractivity contribution is 7.92. The van der Waals surface area contributed by atoms with E-state index in [0.29, 0.717) is 28.5 Å². The molecule has 0 saturated carbocycles. The number of nitrogens with zero attached hydrogens (tertiary/aromatic N) is 1. The SMILES string of the molecule is COc1ccc(CN2Cc3cc(NS(=O)(=O)c4ccc(F)cc4)ccc3O[C@H](C)C2=O)c(OC)c1. The van der Waals surface area contributed by atoms with Gasteiger partial charge in [0, 0.05) is 36.0 Å². The van der Waals surface area contributed by atoms with Crippen LogP contribution in [-0.2, 0) is 27.9 Å². The number of carbonyl (C=O) groups is 1. The van der Waals surface area contributed by atoms with E-state index in [9.17, 15) is 17.6 Å². The molecule has 0 unspecified atom stereocenters. The van der Waals surface area contributed by atoms with Crippen molar-refractivity contribution >= 4 is 21.6 Å². The summed E-state index contributed by atoms with van der Waals surface area (Å²) in [6, 6.07) is 14.7. The molecule has 1 N–H and O–H groups in total. The molecule has 0 aromatic heterocycles. The minimum absolute atomic E-state index is 0.0675. The van der Waals surface area contributed by atoms with Crippen LogP contribution in [0, 0.1) is 5.82 Å². The van der Waals surface area contributed by atoms with E-state index in [0.717, 1.165) is 17.7 Å². The quantitative estimate of drug-likeness (QED) is 0.528. The number of sulfonamides is 1. The zero-order chi connectivity index (χ0) is 25.2. The molecule has 0 radical (unpaired) electrons. The van der Waals surface area contributed by atoms with Gasteiger partial charge in [-0.05, 0) is 61.5 Å². The maximum Gasteiger partial charge on any atom is 0.263 e. The fraction of sp³-hybridized carbons (Fsp3) is 0.240. The van der Waals surface area contributed by atoms with Gasteiger partial charge in [0.05, 0.1) is 19.1 Å². The summed E-state index contributed by atoms with van der Waals surface area (Å²) in [6.07, 6.45) is -0.734. The zero-order valence-corrected chi connectivity index (χ0v) is 20.3. The number of amides is 1. The summed E-state index contributed by atoms with van der Waals surface area (Å²) in [4.78, 5) is 14.6.